The van der Waals surface area contributed by atoms with Gasteiger partial charge >= 0.3 is 5.97 Å². The lowest BCUT2D eigenvalue weighted by atomic mass is 10.2. The van der Waals surface area contributed by atoms with Crippen LogP contribution in [0, 0.1) is 11.6 Å². The van der Waals surface area contributed by atoms with E-state index in [1.807, 2.05) is 4.72 Å². The maximum absolute atomic E-state index is 13.2. The van der Waals surface area contributed by atoms with Crippen molar-refractivity contribution in [1.29, 1.82) is 0 Å². The molecule has 25 heavy (non-hydrogen) atoms. The highest BCUT2D eigenvalue weighted by Crippen LogP contribution is 2.20. The fourth-order valence-corrected chi connectivity index (χ4v) is 2.89. The second-order valence-electron chi connectivity index (χ2n) is 4.90. The molecule has 0 aromatic heterocycles. The van der Waals surface area contributed by atoms with Gasteiger partial charge in [0.15, 0.2) is 0 Å². The minimum absolute atomic E-state index is 0.187. The SMILES string of the molecule is COc1ccc(F)cc1COC(=O)CNS(=O)(=O)c1ccc(F)cc1. The Morgan fingerprint density at radius 2 is 1.72 bits per heavy atom. The maximum Gasteiger partial charge on any atom is 0.321 e. The van der Waals surface area contributed by atoms with E-state index in [1.165, 1.54) is 19.2 Å². The molecule has 0 saturated heterocycles. The van der Waals surface area contributed by atoms with E-state index >= 15 is 0 Å². The zero-order valence-electron chi connectivity index (χ0n) is 13.2. The van der Waals surface area contributed by atoms with Crippen LogP contribution in [0.4, 0.5) is 8.78 Å². The van der Waals surface area contributed by atoms with Gasteiger partial charge in [-0.3, -0.25) is 4.79 Å². The van der Waals surface area contributed by atoms with E-state index in [9.17, 15) is 22.0 Å². The van der Waals surface area contributed by atoms with Crippen molar-refractivity contribution in [3.8, 4) is 5.75 Å². The molecule has 0 saturated carbocycles. The summed E-state index contributed by atoms with van der Waals surface area (Å²) in [5.74, 6) is -1.63. The number of methoxy groups -OCH3 is 1. The van der Waals surface area contributed by atoms with Gasteiger partial charge in [-0.2, -0.15) is 4.72 Å². The quantitative estimate of drug-likeness (QED) is 0.753. The number of halogens is 2. The average Bonchev–Trinajstić information content (AvgIpc) is 2.59. The van der Waals surface area contributed by atoms with Crippen LogP contribution >= 0.6 is 0 Å². The average molecular weight is 371 g/mol. The number of esters is 1. The van der Waals surface area contributed by atoms with Crippen molar-refractivity contribution in [1.82, 2.24) is 4.72 Å². The topological polar surface area (TPSA) is 81.7 Å². The summed E-state index contributed by atoms with van der Waals surface area (Å²) >= 11 is 0. The molecule has 2 rings (SSSR count). The van der Waals surface area contributed by atoms with Crippen LogP contribution in [0.1, 0.15) is 5.56 Å². The van der Waals surface area contributed by atoms with Crippen LogP contribution in [0.15, 0.2) is 47.4 Å². The first-order valence-corrected chi connectivity index (χ1v) is 8.53. The van der Waals surface area contributed by atoms with Crippen LogP contribution < -0.4 is 9.46 Å². The summed E-state index contributed by atoms with van der Waals surface area (Å²) in [5, 5.41) is 0. The smallest absolute Gasteiger partial charge is 0.321 e. The van der Waals surface area contributed by atoms with Crippen molar-refractivity contribution in [2.24, 2.45) is 0 Å². The first-order valence-electron chi connectivity index (χ1n) is 7.05. The van der Waals surface area contributed by atoms with E-state index in [0.717, 1.165) is 30.3 Å². The summed E-state index contributed by atoms with van der Waals surface area (Å²) in [7, 11) is -2.59. The van der Waals surface area contributed by atoms with Crippen LogP contribution in [0.2, 0.25) is 0 Å². The van der Waals surface area contributed by atoms with Crippen molar-refractivity contribution in [3.63, 3.8) is 0 Å². The highest BCUT2D eigenvalue weighted by atomic mass is 32.2. The van der Waals surface area contributed by atoms with E-state index in [0.29, 0.717) is 11.3 Å². The Kier molecular flexibility index (Phi) is 6.05. The minimum Gasteiger partial charge on any atom is -0.496 e. The number of ether oxygens (including phenoxy) is 2. The number of carbonyl (C=O) groups excluding carboxylic acids is 1. The number of benzene rings is 2. The van der Waals surface area contributed by atoms with Gasteiger partial charge in [-0.25, -0.2) is 17.2 Å². The first-order chi connectivity index (χ1) is 11.8. The van der Waals surface area contributed by atoms with Gasteiger partial charge in [-0.15, -0.1) is 0 Å². The van der Waals surface area contributed by atoms with Gasteiger partial charge < -0.3 is 9.47 Å². The van der Waals surface area contributed by atoms with E-state index in [4.69, 9.17) is 9.47 Å². The van der Waals surface area contributed by atoms with Crippen molar-refractivity contribution < 1.29 is 31.5 Å². The Balaban J connectivity index is 1.92. The largest absolute Gasteiger partial charge is 0.496 e. The number of rotatable bonds is 7. The minimum atomic E-state index is -3.98. The third kappa shape index (κ3) is 5.23. The number of nitrogens with one attached hydrogen (secondary N) is 1. The normalized spacial score (nSPS) is 11.2. The standard InChI is InChI=1S/C16H15F2NO5S/c1-23-15-7-4-13(18)8-11(15)10-24-16(20)9-19-25(21,22)14-5-2-12(17)3-6-14/h2-8,19H,9-10H2,1H3. The third-order valence-electron chi connectivity index (χ3n) is 3.16. The Labute approximate surface area is 143 Å². The fourth-order valence-electron chi connectivity index (χ4n) is 1.92. The molecule has 1 N–H and O–H groups in total. The van der Waals surface area contributed by atoms with E-state index < -0.39 is 34.2 Å². The monoisotopic (exact) mass is 371 g/mol. The van der Waals surface area contributed by atoms with Crippen LogP contribution in [0.25, 0.3) is 0 Å². The van der Waals surface area contributed by atoms with Crippen LogP contribution in [0.5, 0.6) is 5.75 Å². The second kappa shape index (κ2) is 8.04. The van der Waals surface area contributed by atoms with Gasteiger partial charge in [0.05, 0.1) is 12.0 Å². The van der Waals surface area contributed by atoms with Crippen molar-refractivity contribution >= 4 is 16.0 Å². The van der Waals surface area contributed by atoms with Gasteiger partial charge in [0.2, 0.25) is 10.0 Å². The predicted octanol–water partition coefficient (Wildman–Crippen LogP) is 2.00. The van der Waals surface area contributed by atoms with Crippen molar-refractivity contribution in [3.05, 3.63) is 59.7 Å². The lowest BCUT2D eigenvalue weighted by molar-refractivity contribution is -0.143. The highest BCUT2D eigenvalue weighted by molar-refractivity contribution is 7.89. The second-order valence-corrected chi connectivity index (χ2v) is 6.66. The van der Waals surface area contributed by atoms with Crippen molar-refractivity contribution in [2.45, 2.75) is 11.5 Å². The van der Waals surface area contributed by atoms with Gasteiger partial charge in [0, 0.05) is 5.56 Å². The molecule has 6 nitrogen and oxygen atoms in total. The van der Waals surface area contributed by atoms with Gasteiger partial charge in [0.25, 0.3) is 0 Å². The number of carbonyl (C=O) groups is 1. The number of hydrogen-bond donors (Lipinski definition) is 1. The molecule has 0 aliphatic heterocycles. The summed E-state index contributed by atoms with van der Waals surface area (Å²) in [6.07, 6.45) is 0. The third-order valence-corrected chi connectivity index (χ3v) is 4.58. The number of sulfonamides is 1. The van der Waals surface area contributed by atoms with Gasteiger partial charge in [-0.1, -0.05) is 0 Å². The molecule has 2 aromatic rings. The molecule has 134 valence electrons. The van der Waals surface area contributed by atoms with E-state index in [2.05, 4.69) is 0 Å². The molecule has 0 atom stereocenters. The van der Waals surface area contributed by atoms with E-state index in [-0.39, 0.29) is 11.5 Å². The van der Waals surface area contributed by atoms with Crippen molar-refractivity contribution in [2.75, 3.05) is 13.7 Å². The van der Waals surface area contributed by atoms with Crippen LogP contribution in [-0.2, 0) is 26.2 Å². The molecule has 0 radical (unpaired) electrons. The molecule has 0 aliphatic carbocycles. The Bertz CT molecular complexity index is 853. The molecule has 0 fully saturated rings. The summed E-state index contributed by atoms with van der Waals surface area (Å²) in [6.45, 7) is -0.907. The predicted molar refractivity (Wildman–Crippen MR) is 84.3 cm³/mol. The molecule has 2 aromatic carbocycles. The maximum atomic E-state index is 13.2. The zero-order chi connectivity index (χ0) is 18.4. The lowest BCUT2D eigenvalue weighted by Gasteiger charge is -2.10. The molecular weight excluding hydrogens is 356 g/mol. The first kappa shape index (κ1) is 18.8. The molecule has 0 aliphatic rings. The summed E-state index contributed by atoms with van der Waals surface area (Å²) < 4.78 is 61.9. The zero-order valence-corrected chi connectivity index (χ0v) is 14.0. The molecule has 0 unspecified atom stereocenters. The van der Waals surface area contributed by atoms with E-state index in [1.54, 1.807) is 0 Å². The van der Waals surface area contributed by atoms with Crippen LogP contribution in [-0.4, -0.2) is 28.0 Å². The number of hydrogen-bond acceptors (Lipinski definition) is 5. The Morgan fingerprint density at radius 3 is 2.36 bits per heavy atom. The lowest BCUT2D eigenvalue weighted by Crippen LogP contribution is -2.30. The Morgan fingerprint density at radius 1 is 1.08 bits per heavy atom. The molecule has 0 spiro atoms. The van der Waals surface area contributed by atoms with Crippen LogP contribution in [0.3, 0.4) is 0 Å². The van der Waals surface area contributed by atoms with Gasteiger partial charge in [-0.05, 0) is 42.5 Å². The Hall–Kier alpha value is -2.52. The molecule has 0 heterocycles. The fraction of sp³-hybridized carbons (Fsp3) is 0.188. The van der Waals surface area contributed by atoms with Gasteiger partial charge in [0.1, 0.15) is 30.5 Å². The highest BCUT2D eigenvalue weighted by Gasteiger charge is 2.16. The molecule has 0 amide bonds. The molecule has 9 heteroatoms. The summed E-state index contributed by atoms with van der Waals surface area (Å²) in [4.78, 5) is 11.5. The summed E-state index contributed by atoms with van der Waals surface area (Å²) in [6, 6.07) is 7.85. The summed E-state index contributed by atoms with van der Waals surface area (Å²) in [5.41, 5.74) is 0.303. The molecular formula is C16H15F2NO5S. The molecule has 0 bridgehead atoms.